The zero-order chi connectivity index (χ0) is 12.3. The van der Waals surface area contributed by atoms with Crippen LogP contribution >= 0.6 is 0 Å². The lowest BCUT2D eigenvalue weighted by Gasteiger charge is -2.43. The van der Waals surface area contributed by atoms with Crippen molar-refractivity contribution in [2.75, 3.05) is 13.6 Å². The fourth-order valence-electron chi connectivity index (χ4n) is 2.59. The quantitative estimate of drug-likeness (QED) is 0.763. The Morgan fingerprint density at radius 1 is 1.62 bits per heavy atom. The minimum atomic E-state index is -1.02. The van der Waals surface area contributed by atoms with Crippen molar-refractivity contribution in [3.63, 3.8) is 0 Å². The van der Waals surface area contributed by atoms with E-state index in [0.29, 0.717) is 19.3 Å². The lowest BCUT2D eigenvalue weighted by molar-refractivity contribution is -0.158. The van der Waals surface area contributed by atoms with Crippen LogP contribution in [0.1, 0.15) is 39.5 Å². The zero-order valence-corrected chi connectivity index (χ0v) is 10.4. The highest BCUT2D eigenvalue weighted by molar-refractivity contribution is 5.71. The van der Waals surface area contributed by atoms with Crippen molar-refractivity contribution in [2.45, 2.75) is 51.2 Å². The highest BCUT2D eigenvalue weighted by Gasteiger charge is 2.44. The molecule has 4 heteroatoms. The van der Waals surface area contributed by atoms with Crippen LogP contribution in [0.3, 0.4) is 0 Å². The first kappa shape index (κ1) is 13.5. The van der Waals surface area contributed by atoms with Gasteiger partial charge in [-0.1, -0.05) is 13.3 Å². The van der Waals surface area contributed by atoms with Crippen molar-refractivity contribution in [2.24, 2.45) is 5.92 Å². The molecule has 3 atom stereocenters. The van der Waals surface area contributed by atoms with Crippen LogP contribution in [-0.4, -0.2) is 46.3 Å². The maximum Gasteiger partial charge on any atom is 0.309 e. The number of rotatable bonds is 4. The topological polar surface area (TPSA) is 60.8 Å². The molecule has 0 spiro atoms. The third kappa shape index (κ3) is 2.74. The van der Waals surface area contributed by atoms with E-state index in [1.165, 1.54) is 0 Å². The Kier molecular flexibility index (Phi) is 4.33. The molecule has 0 aromatic heterocycles. The van der Waals surface area contributed by atoms with Gasteiger partial charge >= 0.3 is 5.97 Å². The number of nitrogens with zero attached hydrogens (tertiary/aromatic N) is 1. The molecule has 0 aliphatic carbocycles. The third-order valence-electron chi connectivity index (χ3n) is 3.82. The number of carbonyl (C=O) groups is 1. The molecule has 2 N–H and O–H groups in total. The zero-order valence-electron chi connectivity index (χ0n) is 10.4. The molecular weight excluding hydrogens is 206 g/mol. The van der Waals surface area contributed by atoms with Gasteiger partial charge in [0.05, 0.1) is 11.5 Å². The van der Waals surface area contributed by atoms with Gasteiger partial charge in [0.2, 0.25) is 0 Å². The monoisotopic (exact) mass is 229 g/mol. The van der Waals surface area contributed by atoms with Crippen LogP contribution in [0.4, 0.5) is 0 Å². The second kappa shape index (κ2) is 5.15. The van der Waals surface area contributed by atoms with E-state index in [9.17, 15) is 15.0 Å². The molecule has 0 saturated carbocycles. The summed E-state index contributed by atoms with van der Waals surface area (Å²) in [6.45, 7) is 4.76. The summed E-state index contributed by atoms with van der Waals surface area (Å²) in [4.78, 5) is 13.4. The molecule has 0 radical (unpaired) electrons. The third-order valence-corrected chi connectivity index (χ3v) is 3.82. The van der Waals surface area contributed by atoms with Gasteiger partial charge in [0.25, 0.3) is 0 Å². The van der Waals surface area contributed by atoms with Gasteiger partial charge in [-0.15, -0.1) is 0 Å². The molecule has 1 aliphatic rings. The lowest BCUT2D eigenvalue weighted by atomic mass is 9.75. The summed E-state index contributed by atoms with van der Waals surface area (Å²) >= 11 is 0. The van der Waals surface area contributed by atoms with Crippen LogP contribution in [0.25, 0.3) is 0 Å². The van der Waals surface area contributed by atoms with E-state index in [0.717, 1.165) is 13.0 Å². The number of aliphatic carboxylic acids is 1. The molecule has 1 aliphatic heterocycles. The van der Waals surface area contributed by atoms with Crippen LogP contribution in [0.5, 0.6) is 0 Å². The summed E-state index contributed by atoms with van der Waals surface area (Å²) in [5, 5.41) is 19.7. The second-order valence-corrected chi connectivity index (χ2v) is 5.07. The van der Waals surface area contributed by atoms with Gasteiger partial charge in [0.15, 0.2) is 0 Å². The fraction of sp³-hybridized carbons (Fsp3) is 0.917. The van der Waals surface area contributed by atoms with E-state index in [1.807, 2.05) is 20.9 Å². The molecule has 0 aromatic carbocycles. The molecule has 16 heavy (non-hydrogen) atoms. The minimum Gasteiger partial charge on any atom is -0.481 e. The first-order chi connectivity index (χ1) is 7.40. The summed E-state index contributed by atoms with van der Waals surface area (Å²) in [5.41, 5.74) is -1.02. The van der Waals surface area contributed by atoms with Gasteiger partial charge in [-0.05, 0) is 33.2 Å². The Morgan fingerprint density at radius 3 is 2.69 bits per heavy atom. The van der Waals surface area contributed by atoms with E-state index in [4.69, 9.17) is 0 Å². The molecule has 1 saturated heterocycles. The van der Waals surface area contributed by atoms with Gasteiger partial charge in [0.1, 0.15) is 0 Å². The van der Waals surface area contributed by atoms with Crippen molar-refractivity contribution in [3.05, 3.63) is 0 Å². The van der Waals surface area contributed by atoms with E-state index >= 15 is 0 Å². The van der Waals surface area contributed by atoms with Crippen molar-refractivity contribution < 1.29 is 15.0 Å². The molecule has 0 amide bonds. The highest BCUT2D eigenvalue weighted by Crippen LogP contribution is 2.35. The predicted molar refractivity (Wildman–Crippen MR) is 62.3 cm³/mol. The average Bonchev–Trinajstić information content (AvgIpc) is 2.20. The first-order valence-electron chi connectivity index (χ1n) is 6.06. The van der Waals surface area contributed by atoms with Gasteiger partial charge in [-0.25, -0.2) is 0 Å². The first-order valence-corrected chi connectivity index (χ1v) is 6.06. The standard InChI is InChI=1S/C12H23NO3/c1-4-5-10(11(14)15)12(16)6-7-13(3)9(2)8-12/h9-10,16H,4-8H2,1-3H3,(H,14,15). The van der Waals surface area contributed by atoms with Crippen LogP contribution < -0.4 is 0 Å². The average molecular weight is 229 g/mol. The molecule has 4 nitrogen and oxygen atoms in total. The van der Waals surface area contributed by atoms with Crippen LogP contribution in [0.2, 0.25) is 0 Å². The molecule has 1 fully saturated rings. The molecule has 1 heterocycles. The molecule has 0 bridgehead atoms. The van der Waals surface area contributed by atoms with E-state index in [-0.39, 0.29) is 6.04 Å². The van der Waals surface area contributed by atoms with E-state index < -0.39 is 17.5 Å². The number of hydrogen-bond donors (Lipinski definition) is 2. The number of aliphatic hydroxyl groups is 1. The molecular formula is C12H23NO3. The summed E-state index contributed by atoms with van der Waals surface area (Å²) in [6, 6.07) is 0.248. The Hall–Kier alpha value is -0.610. The second-order valence-electron chi connectivity index (χ2n) is 5.07. The number of piperidine rings is 1. The number of carboxylic acid groups (broad SMARTS) is 1. The van der Waals surface area contributed by atoms with Crippen LogP contribution in [0.15, 0.2) is 0 Å². The SMILES string of the molecule is CCCC(C(=O)O)C1(O)CCN(C)C(C)C1. The van der Waals surface area contributed by atoms with Crippen molar-refractivity contribution in [1.29, 1.82) is 0 Å². The molecule has 1 rings (SSSR count). The van der Waals surface area contributed by atoms with Crippen molar-refractivity contribution >= 4 is 5.97 Å². The Morgan fingerprint density at radius 2 is 2.25 bits per heavy atom. The van der Waals surface area contributed by atoms with Crippen molar-refractivity contribution in [1.82, 2.24) is 4.90 Å². The van der Waals surface area contributed by atoms with E-state index in [1.54, 1.807) is 0 Å². The molecule has 3 unspecified atom stereocenters. The van der Waals surface area contributed by atoms with Crippen LogP contribution in [-0.2, 0) is 4.79 Å². The summed E-state index contributed by atoms with van der Waals surface area (Å²) < 4.78 is 0. The Bertz CT molecular complexity index is 257. The largest absolute Gasteiger partial charge is 0.481 e. The predicted octanol–water partition coefficient (Wildman–Crippen LogP) is 1.33. The summed E-state index contributed by atoms with van der Waals surface area (Å²) in [5.74, 6) is -1.48. The van der Waals surface area contributed by atoms with Gasteiger partial charge in [-0.2, -0.15) is 0 Å². The Labute approximate surface area is 97.3 Å². The maximum absolute atomic E-state index is 11.2. The molecule has 0 aromatic rings. The van der Waals surface area contributed by atoms with E-state index in [2.05, 4.69) is 4.90 Å². The van der Waals surface area contributed by atoms with Crippen LogP contribution in [0, 0.1) is 5.92 Å². The fourth-order valence-corrected chi connectivity index (χ4v) is 2.59. The van der Waals surface area contributed by atoms with Crippen molar-refractivity contribution in [3.8, 4) is 0 Å². The normalized spacial score (nSPS) is 33.6. The van der Waals surface area contributed by atoms with Gasteiger partial charge in [-0.3, -0.25) is 4.79 Å². The Balaban J connectivity index is 2.78. The minimum absolute atomic E-state index is 0.248. The molecule has 94 valence electrons. The maximum atomic E-state index is 11.2. The van der Waals surface area contributed by atoms with Gasteiger partial charge in [0, 0.05) is 12.6 Å². The highest BCUT2D eigenvalue weighted by atomic mass is 16.4. The summed E-state index contributed by atoms with van der Waals surface area (Å²) in [6.07, 6.45) is 2.47. The van der Waals surface area contributed by atoms with Gasteiger partial charge < -0.3 is 15.1 Å². The smallest absolute Gasteiger partial charge is 0.309 e. The number of hydrogen-bond acceptors (Lipinski definition) is 3. The summed E-state index contributed by atoms with van der Waals surface area (Å²) in [7, 11) is 2.01. The number of carboxylic acids is 1. The lowest BCUT2D eigenvalue weighted by Crippen LogP contribution is -2.53. The number of likely N-dealkylation sites (tertiary alicyclic amines) is 1.